The molecule has 146 valence electrons. The van der Waals surface area contributed by atoms with Gasteiger partial charge in [0.1, 0.15) is 6.04 Å². The predicted octanol–water partition coefficient (Wildman–Crippen LogP) is 3.35. The molecule has 0 saturated carbocycles. The van der Waals surface area contributed by atoms with E-state index in [-0.39, 0.29) is 12.0 Å². The summed E-state index contributed by atoms with van der Waals surface area (Å²) in [6.07, 6.45) is 0.585. The Labute approximate surface area is 163 Å². The molecule has 2 N–H and O–H groups in total. The number of nitrogens with one attached hydrogen (secondary N) is 2. The average molecular weight is 380 g/mol. The van der Waals surface area contributed by atoms with Gasteiger partial charge in [0.05, 0.1) is 26.9 Å². The minimum absolute atomic E-state index is 0.189. The first kappa shape index (κ1) is 18.4. The largest absolute Gasteiger partial charge is 0.493 e. The van der Waals surface area contributed by atoms with Crippen LogP contribution in [0, 0.1) is 0 Å². The van der Waals surface area contributed by atoms with Gasteiger partial charge in [-0.2, -0.15) is 0 Å². The topological polar surface area (TPSA) is 72.6 Å². The van der Waals surface area contributed by atoms with Gasteiger partial charge in [-0.3, -0.25) is 10.1 Å². The van der Waals surface area contributed by atoms with Crippen LogP contribution in [-0.2, 0) is 16.0 Å². The Morgan fingerprint density at radius 3 is 2.64 bits per heavy atom. The molecule has 0 saturated heterocycles. The Hall–Kier alpha value is -2.99. The molecule has 1 aromatic heterocycles. The highest BCUT2D eigenvalue weighted by molar-refractivity contribution is 5.87. The Kier molecular flexibility index (Phi) is 4.96. The Morgan fingerprint density at radius 2 is 1.89 bits per heavy atom. The number of para-hydroxylation sites is 1. The fourth-order valence-electron chi connectivity index (χ4n) is 3.92. The zero-order valence-electron chi connectivity index (χ0n) is 16.2. The van der Waals surface area contributed by atoms with Crippen LogP contribution in [0.2, 0.25) is 0 Å². The van der Waals surface area contributed by atoms with Gasteiger partial charge in [0.15, 0.2) is 11.5 Å². The lowest BCUT2D eigenvalue weighted by molar-refractivity contribution is -0.146. The van der Waals surface area contributed by atoms with Crippen LogP contribution in [-0.4, -0.2) is 37.8 Å². The lowest BCUT2D eigenvalue weighted by atomic mass is 9.90. The summed E-state index contributed by atoms with van der Waals surface area (Å²) in [6, 6.07) is 13.4. The summed E-state index contributed by atoms with van der Waals surface area (Å²) in [5, 5.41) is 4.60. The molecule has 0 spiro atoms. The van der Waals surface area contributed by atoms with E-state index in [1.165, 1.54) is 0 Å². The highest BCUT2D eigenvalue weighted by Crippen LogP contribution is 2.38. The minimum Gasteiger partial charge on any atom is -0.493 e. The van der Waals surface area contributed by atoms with Crippen LogP contribution in [0.4, 0.5) is 0 Å². The molecule has 2 unspecified atom stereocenters. The molecule has 0 amide bonds. The summed E-state index contributed by atoms with van der Waals surface area (Å²) < 4.78 is 16.1. The summed E-state index contributed by atoms with van der Waals surface area (Å²) in [7, 11) is 3.23. The molecule has 0 aliphatic carbocycles. The Morgan fingerprint density at radius 1 is 1.11 bits per heavy atom. The van der Waals surface area contributed by atoms with E-state index in [9.17, 15) is 4.79 Å². The predicted molar refractivity (Wildman–Crippen MR) is 107 cm³/mol. The van der Waals surface area contributed by atoms with Gasteiger partial charge < -0.3 is 19.2 Å². The van der Waals surface area contributed by atoms with Crippen molar-refractivity contribution in [1.29, 1.82) is 0 Å². The second-order valence-electron chi connectivity index (χ2n) is 6.79. The molecule has 0 fully saturated rings. The van der Waals surface area contributed by atoms with Gasteiger partial charge in [0, 0.05) is 23.0 Å². The molecule has 2 aromatic carbocycles. The lowest BCUT2D eigenvalue weighted by Crippen LogP contribution is -2.45. The molecular formula is C22H24N2O4. The Balaban J connectivity index is 1.83. The highest BCUT2D eigenvalue weighted by Gasteiger charge is 2.35. The van der Waals surface area contributed by atoms with Crippen molar-refractivity contribution >= 4 is 16.9 Å². The van der Waals surface area contributed by atoms with E-state index in [0.717, 1.165) is 27.7 Å². The first-order chi connectivity index (χ1) is 13.7. The van der Waals surface area contributed by atoms with Crippen LogP contribution < -0.4 is 14.8 Å². The number of carbonyl (C=O) groups excluding carboxylic acids is 1. The summed E-state index contributed by atoms with van der Waals surface area (Å²) >= 11 is 0. The van der Waals surface area contributed by atoms with Gasteiger partial charge in [-0.15, -0.1) is 0 Å². The number of H-pyrrole nitrogens is 1. The van der Waals surface area contributed by atoms with Crippen molar-refractivity contribution < 1.29 is 19.0 Å². The van der Waals surface area contributed by atoms with Crippen molar-refractivity contribution in [3.8, 4) is 11.5 Å². The van der Waals surface area contributed by atoms with E-state index in [1.807, 2.05) is 37.3 Å². The molecule has 4 rings (SSSR count). The van der Waals surface area contributed by atoms with E-state index in [1.54, 1.807) is 14.2 Å². The van der Waals surface area contributed by atoms with Gasteiger partial charge >= 0.3 is 5.97 Å². The maximum Gasteiger partial charge on any atom is 0.323 e. The van der Waals surface area contributed by atoms with E-state index in [2.05, 4.69) is 22.4 Å². The van der Waals surface area contributed by atoms with Crippen LogP contribution in [0.1, 0.15) is 29.8 Å². The van der Waals surface area contributed by atoms with E-state index in [0.29, 0.717) is 24.5 Å². The zero-order chi connectivity index (χ0) is 19.7. The standard InChI is InChI=1S/C22H24N2O4/c1-4-28-22(25)17-12-15-14-7-5-6-8-16(14)23-21(15)20(24-17)13-9-10-18(26-2)19(11-13)27-3/h5-11,17,20,23-24H,4,12H2,1-3H3. The number of aromatic amines is 1. The number of methoxy groups -OCH3 is 2. The highest BCUT2D eigenvalue weighted by atomic mass is 16.5. The molecule has 1 aliphatic heterocycles. The van der Waals surface area contributed by atoms with Crippen molar-refractivity contribution in [2.45, 2.75) is 25.4 Å². The number of fused-ring (bicyclic) bond motifs is 3. The quantitative estimate of drug-likeness (QED) is 0.664. The number of rotatable bonds is 5. The number of esters is 1. The van der Waals surface area contributed by atoms with E-state index in [4.69, 9.17) is 14.2 Å². The second kappa shape index (κ2) is 7.56. The third-order valence-electron chi connectivity index (χ3n) is 5.22. The molecule has 1 aliphatic rings. The maximum absolute atomic E-state index is 12.5. The van der Waals surface area contributed by atoms with Crippen LogP contribution in [0.25, 0.3) is 10.9 Å². The summed E-state index contributed by atoms with van der Waals surface area (Å²) in [5.74, 6) is 1.09. The number of ether oxygens (including phenoxy) is 3. The molecule has 3 aromatic rings. The zero-order valence-corrected chi connectivity index (χ0v) is 16.2. The van der Waals surface area contributed by atoms with Crippen LogP contribution in [0.15, 0.2) is 42.5 Å². The van der Waals surface area contributed by atoms with Crippen molar-refractivity contribution in [3.05, 3.63) is 59.3 Å². The minimum atomic E-state index is -0.412. The number of aromatic nitrogens is 1. The average Bonchev–Trinajstić information content (AvgIpc) is 3.11. The number of benzene rings is 2. The van der Waals surface area contributed by atoms with Crippen molar-refractivity contribution in [1.82, 2.24) is 10.3 Å². The van der Waals surface area contributed by atoms with E-state index >= 15 is 0 Å². The molecule has 28 heavy (non-hydrogen) atoms. The van der Waals surface area contributed by atoms with Crippen molar-refractivity contribution in [2.75, 3.05) is 20.8 Å². The van der Waals surface area contributed by atoms with Gasteiger partial charge in [-0.25, -0.2) is 0 Å². The fraction of sp³-hybridized carbons (Fsp3) is 0.318. The summed E-state index contributed by atoms with van der Waals surface area (Å²) in [5.41, 5.74) is 4.25. The fourth-order valence-corrected chi connectivity index (χ4v) is 3.92. The number of carbonyl (C=O) groups is 1. The van der Waals surface area contributed by atoms with Crippen LogP contribution >= 0.6 is 0 Å². The van der Waals surface area contributed by atoms with Crippen LogP contribution in [0.3, 0.4) is 0 Å². The van der Waals surface area contributed by atoms with Crippen molar-refractivity contribution in [3.63, 3.8) is 0 Å². The Bertz CT molecular complexity index is 1010. The summed E-state index contributed by atoms with van der Waals surface area (Å²) in [4.78, 5) is 16.1. The van der Waals surface area contributed by atoms with Gasteiger partial charge in [0.2, 0.25) is 0 Å². The van der Waals surface area contributed by atoms with E-state index < -0.39 is 6.04 Å². The van der Waals surface area contributed by atoms with Gasteiger partial charge in [0.25, 0.3) is 0 Å². The number of hydrogen-bond acceptors (Lipinski definition) is 5. The first-order valence-corrected chi connectivity index (χ1v) is 9.40. The third-order valence-corrected chi connectivity index (χ3v) is 5.22. The smallest absolute Gasteiger partial charge is 0.323 e. The molecule has 6 nitrogen and oxygen atoms in total. The van der Waals surface area contributed by atoms with Gasteiger partial charge in [-0.1, -0.05) is 24.3 Å². The van der Waals surface area contributed by atoms with Gasteiger partial charge in [-0.05, 0) is 36.2 Å². The SMILES string of the molecule is CCOC(=O)C1Cc2c([nH]c3ccccc23)C(c2ccc(OC)c(OC)c2)N1. The molecule has 2 heterocycles. The molecule has 2 atom stereocenters. The monoisotopic (exact) mass is 380 g/mol. The summed E-state index contributed by atoms with van der Waals surface area (Å²) in [6.45, 7) is 2.18. The maximum atomic E-state index is 12.5. The second-order valence-corrected chi connectivity index (χ2v) is 6.79. The molecule has 0 bridgehead atoms. The third kappa shape index (κ3) is 3.10. The number of hydrogen-bond donors (Lipinski definition) is 2. The molecule has 0 radical (unpaired) electrons. The molecule has 6 heteroatoms. The first-order valence-electron chi connectivity index (χ1n) is 9.40. The van der Waals surface area contributed by atoms with Crippen LogP contribution in [0.5, 0.6) is 11.5 Å². The molecular weight excluding hydrogens is 356 g/mol. The van der Waals surface area contributed by atoms with Crippen molar-refractivity contribution in [2.24, 2.45) is 0 Å². The normalized spacial score (nSPS) is 18.5. The lowest BCUT2D eigenvalue weighted by Gasteiger charge is -2.30.